The Hall–Kier alpha value is -2.64. The molecular weight excluding hydrogens is 258 g/mol. The van der Waals surface area contributed by atoms with Crippen LogP contribution in [-0.4, -0.2) is 22.6 Å². The largest absolute Gasteiger partial charge is 0.433 e. The third-order valence-corrected chi connectivity index (χ3v) is 2.20. The Morgan fingerprint density at radius 2 is 1.79 bits per heavy atom. The monoisotopic (exact) mass is 267 g/mol. The van der Waals surface area contributed by atoms with E-state index < -0.39 is 28.5 Å². The molecule has 0 unspecified atom stereocenters. The Kier molecular flexibility index (Phi) is 2.85. The summed E-state index contributed by atoms with van der Waals surface area (Å²) in [6.07, 6.45) is 1.03. The number of nitro groups is 1. The van der Waals surface area contributed by atoms with E-state index in [0.29, 0.717) is 0 Å². The zero-order chi connectivity index (χ0) is 14.2. The Bertz CT molecular complexity index is 574. The number of carbonyl (C=O) groups excluding carboxylic acids is 2. The van der Waals surface area contributed by atoms with Crippen LogP contribution >= 0.6 is 0 Å². The van der Waals surface area contributed by atoms with Gasteiger partial charge in [-0.3, -0.25) is 10.1 Å². The minimum Gasteiger partial charge on any atom is -0.419 e. The molecule has 0 aliphatic carbocycles. The molecule has 1 saturated heterocycles. The van der Waals surface area contributed by atoms with Gasteiger partial charge in [-0.15, -0.1) is 0 Å². The highest BCUT2D eigenvalue weighted by Gasteiger charge is 2.39. The Balaban J connectivity index is 2.30. The first-order valence-electron chi connectivity index (χ1n) is 5.21. The van der Waals surface area contributed by atoms with Crippen LogP contribution in [-0.2, 0) is 19.1 Å². The second-order valence-electron chi connectivity index (χ2n) is 4.17. The molecule has 0 amide bonds. The maximum absolute atomic E-state index is 11.6. The van der Waals surface area contributed by atoms with Gasteiger partial charge in [0.1, 0.15) is 16.3 Å². The summed E-state index contributed by atoms with van der Waals surface area (Å²) in [4.78, 5) is 32.9. The molecular formula is C11H9NO7. The van der Waals surface area contributed by atoms with Gasteiger partial charge in [0.25, 0.3) is 5.79 Å². The molecule has 100 valence electrons. The summed E-state index contributed by atoms with van der Waals surface area (Å²) in [5.74, 6) is -3.60. The van der Waals surface area contributed by atoms with E-state index in [1.165, 1.54) is 19.9 Å². The van der Waals surface area contributed by atoms with Crippen LogP contribution in [0.3, 0.4) is 0 Å². The van der Waals surface area contributed by atoms with Gasteiger partial charge in [-0.25, -0.2) is 9.59 Å². The van der Waals surface area contributed by atoms with Gasteiger partial charge in [-0.1, -0.05) is 0 Å². The average molecular weight is 267 g/mol. The van der Waals surface area contributed by atoms with Crippen molar-refractivity contribution >= 4 is 23.9 Å². The van der Waals surface area contributed by atoms with Crippen molar-refractivity contribution in [2.75, 3.05) is 0 Å². The highest BCUT2D eigenvalue weighted by molar-refractivity contribution is 6.18. The number of ether oxygens (including phenoxy) is 2. The maximum Gasteiger partial charge on any atom is 0.433 e. The average Bonchev–Trinajstić information content (AvgIpc) is 2.70. The molecule has 1 aliphatic rings. The fourth-order valence-corrected chi connectivity index (χ4v) is 1.44. The molecule has 0 bridgehead atoms. The molecule has 1 aliphatic heterocycles. The number of furan rings is 1. The predicted octanol–water partition coefficient (Wildman–Crippen LogP) is 1.41. The number of hydrogen-bond donors (Lipinski definition) is 0. The molecule has 8 heteroatoms. The minimum absolute atomic E-state index is 0.0182. The number of hydrogen-bond acceptors (Lipinski definition) is 7. The Morgan fingerprint density at radius 1 is 1.21 bits per heavy atom. The fraction of sp³-hybridized carbons (Fsp3) is 0.273. The van der Waals surface area contributed by atoms with Crippen molar-refractivity contribution < 1.29 is 28.4 Å². The molecule has 0 radical (unpaired) electrons. The summed E-state index contributed by atoms with van der Waals surface area (Å²) in [6, 6.07) is 2.36. The number of carbonyl (C=O) groups is 2. The zero-order valence-electron chi connectivity index (χ0n) is 10.0. The predicted molar refractivity (Wildman–Crippen MR) is 59.6 cm³/mol. The normalized spacial score (nSPS) is 17.7. The Labute approximate surface area is 106 Å². The summed E-state index contributed by atoms with van der Waals surface area (Å²) in [5.41, 5.74) is -0.386. The molecule has 0 saturated carbocycles. The van der Waals surface area contributed by atoms with Crippen LogP contribution in [0.25, 0.3) is 6.08 Å². The second-order valence-corrected chi connectivity index (χ2v) is 4.17. The van der Waals surface area contributed by atoms with E-state index in [4.69, 9.17) is 13.9 Å². The van der Waals surface area contributed by atoms with E-state index in [-0.39, 0.29) is 11.3 Å². The lowest BCUT2D eigenvalue weighted by Gasteiger charge is -2.29. The number of nitrogens with zero attached hydrogens (tertiary/aromatic N) is 1. The van der Waals surface area contributed by atoms with E-state index in [1.807, 2.05) is 0 Å². The lowest BCUT2D eigenvalue weighted by molar-refractivity contribution is -0.402. The molecule has 19 heavy (non-hydrogen) atoms. The molecule has 2 heterocycles. The topological polar surface area (TPSA) is 109 Å². The number of esters is 2. The summed E-state index contributed by atoms with van der Waals surface area (Å²) in [7, 11) is 0. The number of cyclic esters (lactones) is 2. The minimum atomic E-state index is -1.33. The van der Waals surface area contributed by atoms with Crippen molar-refractivity contribution in [1.29, 1.82) is 0 Å². The first-order chi connectivity index (χ1) is 8.78. The third-order valence-electron chi connectivity index (χ3n) is 2.20. The van der Waals surface area contributed by atoms with Crippen LogP contribution < -0.4 is 0 Å². The van der Waals surface area contributed by atoms with E-state index in [2.05, 4.69) is 0 Å². The fourth-order valence-electron chi connectivity index (χ4n) is 1.44. The quantitative estimate of drug-likeness (QED) is 0.262. The smallest absolute Gasteiger partial charge is 0.419 e. The van der Waals surface area contributed by atoms with Crippen LogP contribution in [0.15, 0.2) is 22.1 Å². The molecule has 0 spiro atoms. The number of rotatable bonds is 2. The standard InChI is InChI=1S/C11H9NO7/c1-11(2)18-9(13)7(10(14)19-11)5-6-3-4-8(17-6)12(15)16/h3-5H,1-2H3. The van der Waals surface area contributed by atoms with Gasteiger partial charge >= 0.3 is 17.8 Å². The van der Waals surface area contributed by atoms with Crippen LogP contribution in [0.1, 0.15) is 19.6 Å². The molecule has 2 rings (SSSR count). The summed E-state index contributed by atoms with van der Waals surface area (Å²) in [6.45, 7) is 2.83. The summed E-state index contributed by atoms with van der Waals surface area (Å²) in [5, 5.41) is 10.4. The van der Waals surface area contributed by atoms with Crippen molar-refractivity contribution in [3.05, 3.63) is 33.6 Å². The van der Waals surface area contributed by atoms with Crippen molar-refractivity contribution in [1.82, 2.24) is 0 Å². The lowest BCUT2D eigenvalue weighted by Crippen LogP contribution is -2.41. The van der Waals surface area contributed by atoms with Crippen LogP contribution in [0, 0.1) is 10.1 Å². The molecule has 1 aromatic heterocycles. The molecule has 8 nitrogen and oxygen atoms in total. The van der Waals surface area contributed by atoms with Gasteiger partial charge in [0.05, 0.1) is 6.07 Å². The van der Waals surface area contributed by atoms with Gasteiger partial charge < -0.3 is 13.9 Å². The zero-order valence-corrected chi connectivity index (χ0v) is 10.0. The van der Waals surface area contributed by atoms with E-state index in [1.54, 1.807) is 0 Å². The second kappa shape index (κ2) is 4.23. The van der Waals surface area contributed by atoms with Gasteiger partial charge in [-0.2, -0.15) is 0 Å². The highest BCUT2D eigenvalue weighted by Crippen LogP contribution is 2.25. The SMILES string of the molecule is CC1(C)OC(=O)C(=Cc2ccc([N+](=O)[O-])o2)C(=O)O1. The van der Waals surface area contributed by atoms with Crippen molar-refractivity contribution in [2.45, 2.75) is 19.6 Å². The van der Waals surface area contributed by atoms with Crippen LogP contribution in [0.5, 0.6) is 0 Å². The van der Waals surface area contributed by atoms with Gasteiger partial charge in [-0.05, 0) is 6.07 Å². The molecule has 0 atom stereocenters. The van der Waals surface area contributed by atoms with Gasteiger partial charge in [0.15, 0.2) is 0 Å². The van der Waals surface area contributed by atoms with Crippen molar-refractivity contribution in [3.63, 3.8) is 0 Å². The molecule has 1 fully saturated rings. The lowest BCUT2D eigenvalue weighted by atomic mass is 10.2. The van der Waals surface area contributed by atoms with Crippen LogP contribution in [0.2, 0.25) is 0 Å². The third kappa shape index (κ3) is 2.62. The van der Waals surface area contributed by atoms with Gasteiger partial charge in [0, 0.05) is 19.9 Å². The first-order valence-corrected chi connectivity index (χ1v) is 5.21. The van der Waals surface area contributed by atoms with Gasteiger partial charge in [0.2, 0.25) is 0 Å². The van der Waals surface area contributed by atoms with E-state index in [0.717, 1.165) is 12.1 Å². The highest BCUT2D eigenvalue weighted by atomic mass is 16.7. The van der Waals surface area contributed by atoms with Crippen molar-refractivity contribution in [3.8, 4) is 0 Å². The van der Waals surface area contributed by atoms with Crippen molar-refractivity contribution in [2.24, 2.45) is 0 Å². The Morgan fingerprint density at radius 3 is 2.26 bits per heavy atom. The van der Waals surface area contributed by atoms with E-state index >= 15 is 0 Å². The maximum atomic E-state index is 11.6. The first kappa shape index (κ1) is 12.8. The van der Waals surface area contributed by atoms with Crippen LogP contribution in [0.4, 0.5) is 5.88 Å². The summed E-state index contributed by atoms with van der Waals surface area (Å²) < 4.78 is 14.5. The molecule has 0 aromatic carbocycles. The molecule has 1 aromatic rings. The summed E-state index contributed by atoms with van der Waals surface area (Å²) >= 11 is 0. The molecule has 0 N–H and O–H groups in total. The van der Waals surface area contributed by atoms with E-state index in [9.17, 15) is 19.7 Å².